The number of halogens is 1. The van der Waals surface area contributed by atoms with Gasteiger partial charge in [-0.25, -0.2) is 0 Å². The molecule has 0 aromatic heterocycles. The predicted molar refractivity (Wildman–Crippen MR) is 77.6 cm³/mol. The first-order chi connectivity index (χ1) is 7.83. The molecule has 4 heteroatoms. The van der Waals surface area contributed by atoms with Gasteiger partial charge in [0.15, 0.2) is 8.32 Å². The SMILES string of the molecule is C[C@H](CO)[C@@H](O[Si](C)(C)C)c1cccc(Br)c1. The molecule has 2 atom stereocenters. The quantitative estimate of drug-likeness (QED) is 0.833. The van der Waals surface area contributed by atoms with E-state index in [1.54, 1.807) is 0 Å². The van der Waals surface area contributed by atoms with Crippen molar-refractivity contribution in [2.45, 2.75) is 32.7 Å². The summed E-state index contributed by atoms with van der Waals surface area (Å²) in [4.78, 5) is 0. The lowest BCUT2D eigenvalue weighted by molar-refractivity contribution is 0.0912. The van der Waals surface area contributed by atoms with E-state index in [-0.39, 0.29) is 18.6 Å². The van der Waals surface area contributed by atoms with Crippen LogP contribution in [0.4, 0.5) is 0 Å². The van der Waals surface area contributed by atoms with Crippen LogP contribution in [0.15, 0.2) is 28.7 Å². The summed E-state index contributed by atoms with van der Waals surface area (Å²) in [5, 5.41) is 9.36. The van der Waals surface area contributed by atoms with Gasteiger partial charge in [-0.2, -0.15) is 0 Å². The Morgan fingerprint density at radius 3 is 2.47 bits per heavy atom. The Morgan fingerprint density at radius 1 is 1.35 bits per heavy atom. The highest BCUT2D eigenvalue weighted by molar-refractivity contribution is 9.10. The summed E-state index contributed by atoms with van der Waals surface area (Å²) < 4.78 is 7.24. The molecule has 0 saturated heterocycles. The Labute approximate surface area is 113 Å². The van der Waals surface area contributed by atoms with Crippen LogP contribution in [0.1, 0.15) is 18.6 Å². The number of benzene rings is 1. The first-order valence-corrected chi connectivity index (χ1v) is 10.1. The second-order valence-electron chi connectivity index (χ2n) is 5.37. The molecule has 96 valence electrons. The van der Waals surface area contributed by atoms with E-state index in [1.165, 1.54) is 0 Å². The van der Waals surface area contributed by atoms with Gasteiger partial charge in [0.2, 0.25) is 0 Å². The standard InChI is InChI=1S/C13H21BrO2Si/c1-10(9-15)13(16-17(2,3)4)11-6-5-7-12(14)8-11/h5-8,10,13,15H,9H2,1-4H3/t10-,13-/m1/s1. The van der Waals surface area contributed by atoms with Crippen LogP contribution in [0, 0.1) is 5.92 Å². The summed E-state index contributed by atoms with van der Waals surface area (Å²) in [6.07, 6.45) is -0.0239. The predicted octanol–water partition coefficient (Wildman–Crippen LogP) is 3.97. The van der Waals surface area contributed by atoms with Crippen molar-refractivity contribution >= 4 is 24.2 Å². The molecule has 1 aromatic carbocycles. The van der Waals surface area contributed by atoms with Gasteiger partial charge in [0.05, 0.1) is 6.10 Å². The fourth-order valence-electron chi connectivity index (χ4n) is 1.67. The molecule has 0 fully saturated rings. The lowest BCUT2D eigenvalue weighted by Gasteiger charge is -2.30. The lowest BCUT2D eigenvalue weighted by atomic mass is 9.98. The normalized spacial score (nSPS) is 15.6. The van der Waals surface area contributed by atoms with Crippen molar-refractivity contribution in [3.8, 4) is 0 Å². The highest BCUT2D eigenvalue weighted by Gasteiger charge is 2.26. The molecule has 0 saturated carbocycles. The largest absolute Gasteiger partial charge is 0.410 e. The highest BCUT2D eigenvalue weighted by atomic mass is 79.9. The van der Waals surface area contributed by atoms with Crippen molar-refractivity contribution in [3.05, 3.63) is 34.3 Å². The van der Waals surface area contributed by atoms with Crippen LogP contribution in [0.2, 0.25) is 19.6 Å². The van der Waals surface area contributed by atoms with Crippen molar-refractivity contribution in [3.63, 3.8) is 0 Å². The Morgan fingerprint density at radius 2 is 2.00 bits per heavy atom. The van der Waals surface area contributed by atoms with E-state index in [4.69, 9.17) is 4.43 Å². The Kier molecular flexibility index (Phi) is 5.38. The van der Waals surface area contributed by atoms with Gasteiger partial charge in [0.1, 0.15) is 0 Å². The molecule has 0 aliphatic heterocycles. The molecule has 0 aliphatic carbocycles. The third-order valence-corrected chi connectivity index (χ3v) is 3.92. The number of aliphatic hydroxyl groups excluding tert-OH is 1. The molecule has 1 aromatic rings. The van der Waals surface area contributed by atoms with Crippen molar-refractivity contribution in [1.82, 2.24) is 0 Å². The van der Waals surface area contributed by atoms with Crippen molar-refractivity contribution in [2.75, 3.05) is 6.61 Å². The number of aliphatic hydroxyl groups is 1. The molecule has 1 N–H and O–H groups in total. The average molecular weight is 317 g/mol. The zero-order chi connectivity index (χ0) is 13.1. The van der Waals surface area contributed by atoms with E-state index in [0.717, 1.165) is 10.0 Å². The van der Waals surface area contributed by atoms with Crippen LogP contribution in [0.5, 0.6) is 0 Å². The van der Waals surface area contributed by atoms with Crippen molar-refractivity contribution in [1.29, 1.82) is 0 Å². The molecule has 1 rings (SSSR count). The lowest BCUT2D eigenvalue weighted by Crippen LogP contribution is -2.31. The minimum absolute atomic E-state index is 0.0239. The Hall–Kier alpha value is -0.163. The van der Waals surface area contributed by atoms with Gasteiger partial charge in [-0.05, 0) is 37.3 Å². The van der Waals surface area contributed by atoms with Crippen LogP contribution in [0.3, 0.4) is 0 Å². The molecule has 0 bridgehead atoms. The van der Waals surface area contributed by atoms with E-state index < -0.39 is 8.32 Å². The maximum atomic E-state index is 9.36. The number of hydrogen-bond donors (Lipinski definition) is 1. The third kappa shape index (κ3) is 4.92. The summed E-state index contributed by atoms with van der Waals surface area (Å²) in [5.74, 6) is 0.107. The molecule has 2 nitrogen and oxygen atoms in total. The van der Waals surface area contributed by atoms with E-state index >= 15 is 0 Å². The van der Waals surface area contributed by atoms with Crippen LogP contribution in [-0.4, -0.2) is 20.0 Å². The third-order valence-electron chi connectivity index (χ3n) is 2.46. The summed E-state index contributed by atoms with van der Waals surface area (Å²) in [6.45, 7) is 8.67. The monoisotopic (exact) mass is 316 g/mol. The van der Waals surface area contributed by atoms with E-state index in [1.807, 2.05) is 19.1 Å². The van der Waals surface area contributed by atoms with Gasteiger partial charge in [-0.15, -0.1) is 0 Å². The molecule has 0 spiro atoms. The van der Waals surface area contributed by atoms with Crippen LogP contribution >= 0.6 is 15.9 Å². The minimum Gasteiger partial charge on any atom is -0.410 e. The fraction of sp³-hybridized carbons (Fsp3) is 0.538. The summed E-state index contributed by atoms with van der Waals surface area (Å²) in [7, 11) is -1.63. The van der Waals surface area contributed by atoms with E-state index in [0.29, 0.717) is 0 Å². The van der Waals surface area contributed by atoms with Gasteiger partial charge in [-0.1, -0.05) is 35.0 Å². The molecule has 17 heavy (non-hydrogen) atoms. The first-order valence-electron chi connectivity index (χ1n) is 5.87. The molecule has 0 heterocycles. The van der Waals surface area contributed by atoms with Gasteiger partial charge in [-0.3, -0.25) is 0 Å². The van der Waals surface area contributed by atoms with Gasteiger partial charge < -0.3 is 9.53 Å². The topological polar surface area (TPSA) is 29.5 Å². The molecule has 0 amide bonds. The second-order valence-corrected chi connectivity index (χ2v) is 10.7. The molecular weight excluding hydrogens is 296 g/mol. The fourth-order valence-corrected chi connectivity index (χ4v) is 3.22. The summed E-state index contributed by atoms with van der Waals surface area (Å²) in [5.41, 5.74) is 1.13. The first kappa shape index (κ1) is 14.9. The maximum absolute atomic E-state index is 9.36. The summed E-state index contributed by atoms with van der Waals surface area (Å²) in [6, 6.07) is 8.13. The van der Waals surface area contributed by atoms with Crippen LogP contribution in [0.25, 0.3) is 0 Å². The summed E-state index contributed by atoms with van der Waals surface area (Å²) >= 11 is 3.47. The Balaban J connectivity index is 2.98. The molecular formula is C13H21BrO2Si. The number of rotatable bonds is 5. The zero-order valence-corrected chi connectivity index (χ0v) is 13.5. The molecule has 0 aliphatic rings. The van der Waals surface area contributed by atoms with Crippen LogP contribution in [-0.2, 0) is 4.43 Å². The van der Waals surface area contributed by atoms with Crippen molar-refractivity contribution in [2.24, 2.45) is 5.92 Å². The second kappa shape index (κ2) is 6.14. The van der Waals surface area contributed by atoms with Crippen molar-refractivity contribution < 1.29 is 9.53 Å². The maximum Gasteiger partial charge on any atom is 0.184 e. The highest BCUT2D eigenvalue weighted by Crippen LogP contribution is 2.30. The Bertz CT molecular complexity index is 363. The smallest absolute Gasteiger partial charge is 0.184 e. The minimum atomic E-state index is -1.63. The van der Waals surface area contributed by atoms with E-state index in [9.17, 15) is 5.11 Å². The van der Waals surface area contributed by atoms with Crippen LogP contribution < -0.4 is 0 Å². The zero-order valence-electron chi connectivity index (χ0n) is 10.9. The molecule has 0 unspecified atom stereocenters. The number of hydrogen-bond acceptors (Lipinski definition) is 2. The molecule has 0 radical (unpaired) electrons. The van der Waals surface area contributed by atoms with E-state index in [2.05, 4.69) is 47.7 Å². The van der Waals surface area contributed by atoms with Gasteiger partial charge in [0, 0.05) is 17.0 Å². The van der Waals surface area contributed by atoms with Gasteiger partial charge in [0.25, 0.3) is 0 Å². The average Bonchev–Trinajstić information content (AvgIpc) is 2.23. The van der Waals surface area contributed by atoms with Gasteiger partial charge >= 0.3 is 0 Å².